The van der Waals surface area contributed by atoms with Gasteiger partial charge in [0.1, 0.15) is 5.75 Å². The number of anilines is 5. The molecule has 0 unspecified atom stereocenters. The van der Waals surface area contributed by atoms with Gasteiger partial charge in [0.25, 0.3) is 0 Å². The van der Waals surface area contributed by atoms with Crippen molar-refractivity contribution in [2.75, 3.05) is 9.80 Å². The largest absolute Gasteiger partial charge is 0.508 e. The Morgan fingerprint density at radius 2 is 1.26 bits per heavy atom. The standard InChI is InChI=1S/C34H28N2OS/c1-23-8-14-27(15-9-23)35(28-16-10-24(2)11-17-28)25(3)26-12-18-29(19-13-26)36-31-6-4-5-7-33(31)38-34-21-20-30(37)22-32(34)36/h4-22,37H,3H2,1-2H3. The second kappa shape index (κ2) is 9.81. The summed E-state index contributed by atoms with van der Waals surface area (Å²) in [6.45, 7) is 8.72. The highest BCUT2D eigenvalue weighted by Gasteiger charge is 2.25. The smallest absolute Gasteiger partial charge is 0.117 e. The first-order valence-corrected chi connectivity index (χ1v) is 13.4. The van der Waals surface area contributed by atoms with Crippen molar-refractivity contribution >= 4 is 45.9 Å². The van der Waals surface area contributed by atoms with Crippen molar-refractivity contribution in [1.82, 2.24) is 0 Å². The third kappa shape index (κ3) is 4.44. The van der Waals surface area contributed by atoms with E-state index in [2.05, 4.69) is 127 Å². The van der Waals surface area contributed by atoms with Crippen molar-refractivity contribution in [2.24, 2.45) is 0 Å². The molecule has 0 saturated carbocycles. The Morgan fingerprint density at radius 1 is 0.684 bits per heavy atom. The van der Waals surface area contributed by atoms with E-state index < -0.39 is 0 Å². The molecule has 38 heavy (non-hydrogen) atoms. The lowest BCUT2D eigenvalue weighted by Crippen LogP contribution is -2.16. The minimum absolute atomic E-state index is 0.255. The molecule has 0 radical (unpaired) electrons. The first kappa shape index (κ1) is 24.0. The quantitative estimate of drug-likeness (QED) is 0.249. The summed E-state index contributed by atoms with van der Waals surface area (Å²) < 4.78 is 0. The van der Waals surface area contributed by atoms with Crippen LogP contribution in [0.2, 0.25) is 0 Å². The maximum Gasteiger partial charge on any atom is 0.117 e. The molecule has 0 spiro atoms. The van der Waals surface area contributed by atoms with Crippen LogP contribution in [0.25, 0.3) is 5.70 Å². The van der Waals surface area contributed by atoms with E-state index in [1.54, 1.807) is 17.8 Å². The van der Waals surface area contributed by atoms with Crippen LogP contribution in [0.1, 0.15) is 16.7 Å². The third-order valence-electron chi connectivity index (χ3n) is 6.82. The molecule has 4 heteroatoms. The monoisotopic (exact) mass is 512 g/mol. The van der Waals surface area contributed by atoms with Crippen LogP contribution in [0.5, 0.6) is 5.75 Å². The first-order valence-electron chi connectivity index (χ1n) is 12.6. The number of aryl methyl sites for hydroxylation is 2. The molecule has 6 rings (SSSR count). The van der Waals surface area contributed by atoms with Crippen molar-refractivity contribution in [3.05, 3.63) is 139 Å². The number of fused-ring (bicyclic) bond motifs is 2. The summed E-state index contributed by atoms with van der Waals surface area (Å²) in [7, 11) is 0. The molecule has 3 nitrogen and oxygen atoms in total. The van der Waals surface area contributed by atoms with Crippen LogP contribution in [-0.2, 0) is 0 Å². The molecular formula is C34H28N2OS. The maximum absolute atomic E-state index is 10.3. The Bertz CT molecular complexity index is 1580. The SMILES string of the molecule is C=C(c1ccc(N2c3ccccc3Sc3ccc(O)cc32)cc1)N(c1ccc(C)cc1)c1ccc(C)cc1. The van der Waals surface area contributed by atoms with Gasteiger partial charge in [-0.15, -0.1) is 0 Å². The van der Waals surface area contributed by atoms with E-state index >= 15 is 0 Å². The van der Waals surface area contributed by atoms with Gasteiger partial charge >= 0.3 is 0 Å². The van der Waals surface area contributed by atoms with E-state index in [9.17, 15) is 5.11 Å². The van der Waals surface area contributed by atoms with Gasteiger partial charge in [-0.1, -0.05) is 78.0 Å². The molecule has 1 heterocycles. The van der Waals surface area contributed by atoms with Crippen LogP contribution in [0.4, 0.5) is 28.4 Å². The molecule has 5 aromatic rings. The Labute approximate surface area is 228 Å². The van der Waals surface area contributed by atoms with E-state index in [0.29, 0.717) is 0 Å². The summed E-state index contributed by atoms with van der Waals surface area (Å²) in [5, 5.41) is 10.3. The molecule has 0 fully saturated rings. The highest BCUT2D eigenvalue weighted by atomic mass is 32.2. The minimum atomic E-state index is 0.255. The summed E-state index contributed by atoms with van der Waals surface area (Å²) in [5.41, 5.74) is 9.61. The van der Waals surface area contributed by atoms with Crippen molar-refractivity contribution in [1.29, 1.82) is 0 Å². The van der Waals surface area contributed by atoms with Gasteiger partial charge < -0.3 is 14.9 Å². The average molecular weight is 513 g/mol. The maximum atomic E-state index is 10.3. The average Bonchev–Trinajstić information content (AvgIpc) is 2.94. The molecule has 0 aromatic heterocycles. The number of benzene rings is 5. The van der Waals surface area contributed by atoms with Gasteiger partial charge in [-0.2, -0.15) is 0 Å². The number of nitrogens with zero attached hydrogens (tertiary/aromatic N) is 2. The van der Waals surface area contributed by atoms with Crippen molar-refractivity contribution in [3.63, 3.8) is 0 Å². The van der Waals surface area contributed by atoms with Crippen LogP contribution >= 0.6 is 11.8 Å². The molecular weight excluding hydrogens is 484 g/mol. The predicted octanol–water partition coefficient (Wildman–Crippen LogP) is 9.75. The third-order valence-corrected chi connectivity index (χ3v) is 7.95. The van der Waals surface area contributed by atoms with Gasteiger partial charge in [0.15, 0.2) is 0 Å². The first-order chi connectivity index (χ1) is 18.5. The Hall–Kier alpha value is -4.41. The van der Waals surface area contributed by atoms with E-state index in [-0.39, 0.29) is 5.75 Å². The molecule has 0 saturated heterocycles. The predicted molar refractivity (Wildman–Crippen MR) is 160 cm³/mol. The molecule has 0 aliphatic carbocycles. The zero-order chi connectivity index (χ0) is 26.2. The number of phenols is 1. The summed E-state index contributed by atoms with van der Waals surface area (Å²) >= 11 is 1.73. The Balaban J connectivity index is 1.39. The topological polar surface area (TPSA) is 26.7 Å². The van der Waals surface area contributed by atoms with E-state index in [1.807, 2.05) is 12.1 Å². The van der Waals surface area contributed by atoms with Crippen LogP contribution in [0.3, 0.4) is 0 Å². The van der Waals surface area contributed by atoms with E-state index in [4.69, 9.17) is 0 Å². The molecule has 0 amide bonds. The number of para-hydroxylation sites is 1. The van der Waals surface area contributed by atoms with Crippen LogP contribution in [0.15, 0.2) is 132 Å². The molecule has 0 atom stereocenters. The summed E-state index contributed by atoms with van der Waals surface area (Å²) in [5.74, 6) is 0.255. The van der Waals surface area contributed by atoms with Crippen molar-refractivity contribution < 1.29 is 5.11 Å². The zero-order valence-electron chi connectivity index (χ0n) is 21.4. The number of hydrogen-bond donors (Lipinski definition) is 1. The molecule has 0 bridgehead atoms. The van der Waals surface area contributed by atoms with Gasteiger partial charge in [-0.3, -0.25) is 0 Å². The van der Waals surface area contributed by atoms with E-state index in [1.165, 1.54) is 16.0 Å². The molecule has 1 aliphatic heterocycles. The van der Waals surface area contributed by atoms with E-state index in [0.717, 1.165) is 44.6 Å². The fourth-order valence-corrected chi connectivity index (χ4v) is 5.84. The summed E-state index contributed by atoms with van der Waals surface area (Å²) in [6.07, 6.45) is 0. The van der Waals surface area contributed by atoms with Gasteiger partial charge in [0.05, 0.1) is 11.4 Å². The highest BCUT2D eigenvalue weighted by molar-refractivity contribution is 7.99. The number of aromatic hydroxyl groups is 1. The van der Waals surface area contributed by atoms with Gasteiger partial charge in [-0.05, 0) is 80.1 Å². The molecule has 186 valence electrons. The Morgan fingerprint density at radius 3 is 1.89 bits per heavy atom. The number of rotatable bonds is 5. The normalized spacial score (nSPS) is 12.0. The summed E-state index contributed by atoms with van der Waals surface area (Å²) in [4.78, 5) is 6.71. The Kier molecular flexibility index (Phi) is 6.18. The molecule has 1 N–H and O–H groups in total. The van der Waals surface area contributed by atoms with Crippen LogP contribution in [0, 0.1) is 13.8 Å². The minimum Gasteiger partial charge on any atom is -0.508 e. The summed E-state index contributed by atoms with van der Waals surface area (Å²) in [6, 6.07) is 39.5. The second-order valence-corrected chi connectivity index (χ2v) is 10.6. The van der Waals surface area contributed by atoms with Crippen molar-refractivity contribution in [2.45, 2.75) is 23.6 Å². The van der Waals surface area contributed by atoms with Gasteiger partial charge in [-0.25, -0.2) is 0 Å². The lowest BCUT2D eigenvalue weighted by atomic mass is 10.1. The fourth-order valence-electron chi connectivity index (χ4n) is 4.80. The number of phenolic OH excluding ortho intramolecular Hbond substituents is 1. The van der Waals surface area contributed by atoms with Crippen molar-refractivity contribution in [3.8, 4) is 5.75 Å². The molecule has 5 aromatic carbocycles. The lowest BCUT2D eigenvalue weighted by molar-refractivity contribution is 0.475. The van der Waals surface area contributed by atoms with Gasteiger partial charge in [0, 0.05) is 38.6 Å². The van der Waals surface area contributed by atoms with Crippen LogP contribution in [-0.4, -0.2) is 5.11 Å². The lowest BCUT2D eigenvalue weighted by Gasteiger charge is -2.33. The van der Waals surface area contributed by atoms with Gasteiger partial charge in [0.2, 0.25) is 0 Å². The fraction of sp³-hybridized carbons (Fsp3) is 0.0588. The second-order valence-electron chi connectivity index (χ2n) is 9.56. The molecule has 1 aliphatic rings. The van der Waals surface area contributed by atoms with Crippen LogP contribution < -0.4 is 9.80 Å². The highest BCUT2D eigenvalue weighted by Crippen LogP contribution is 2.52. The number of hydrogen-bond acceptors (Lipinski definition) is 4. The zero-order valence-corrected chi connectivity index (χ0v) is 22.2.